The first kappa shape index (κ1) is 21.6. The fourth-order valence-electron chi connectivity index (χ4n) is 3.47. The molecule has 0 spiro atoms. The Labute approximate surface area is 174 Å². The average molecular weight is 433 g/mol. The van der Waals surface area contributed by atoms with Crippen LogP contribution in [0.15, 0.2) is 29.2 Å². The molecule has 0 aromatic heterocycles. The normalized spacial score (nSPS) is 18.3. The van der Waals surface area contributed by atoms with Crippen LogP contribution in [0.25, 0.3) is 0 Å². The molecule has 0 radical (unpaired) electrons. The maximum Gasteiger partial charge on any atom is 0.335 e. The summed E-state index contributed by atoms with van der Waals surface area (Å²) in [6.45, 7) is 6.82. The molecular formula is C21H23NO7S. The topological polar surface area (TPSA) is 130 Å². The number of carbonyl (C=O) groups excluding carboxylic acids is 1. The zero-order valence-corrected chi connectivity index (χ0v) is 17.9. The third-order valence-electron chi connectivity index (χ3n) is 5.64. The van der Waals surface area contributed by atoms with E-state index in [2.05, 4.69) is 0 Å². The number of amides is 1. The van der Waals surface area contributed by atoms with Crippen molar-refractivity contribution in [2.45, 2.75) is 51.0 Å². The number of benzene rings is 2. The van der Waals surface area contributed by atoms with Crippen molar-refractivity contribution in [1.82, 2.24) is 4.72 Å². The van der Waals surface area contributed by atoms with E-state index in [-0.39, 0.29) is 22.6 Å². The van der Waals surface area contributed by atoms with Gasteiger partial charge < -0.3 is 14.9 Å². The van der Waals surface area contributed by atoms with Crippen LogP contribution in [0.5, 0.6) is 11.5 Å². The first-order valence-corrected chi connectivity index (χ1v) is 10.8. The molecule has 3 rings (SSSR count). The van der Waals surface area contributed by atoms with Crippen LogP contribution in [-0.2, 0) is 21.2 Å². The summed E-state index contributed by atoms with van der Waals surface area (Å²) in [6, 6.07) is 4.55. The van der Waals surface area contributed by atoms with E-state index < -0.39 is 27.5 Å². The van der Waals surface area contributed by atoms with Gasteiger partial charge in [-0.25, -0.2) is 17.9 Å². The molecule has 0 saturated heterocycles. The van der Waals surface area contributed by atoms with Gasteiger partial charge in [-0.05, 0) is 75.1 Å². The first-order valence-electron chi connectivity index (χ1n) is 9.28. The maximum absolute atomic E-state index is 12.9. The minimum Gasteiger partial charge on any atom is -0.507 e. The van der Waals surface area contributed by atoms with Gasteiger partial charge in [-0.2, -0.15) is 0 Å². The summed E-state index contributed by atoms with van der Waals surface area (Å²) in [7, 11) is -4.21. The largest absolute Gasteiger partial charge is 0.507 e. The Morgan fingerprint density at radius 1 is 1.07 bits per heavy atom. The number of carboxylic acids is 1. The third kappa shape index (κ3) is 3.60. The predicted molar refractivity (Wildman–Crippen MR) is 108 cm³/mol. The van der Waals surface area contributed by atoms with Gasteiger partial charge in [0.2, 0.25) is 0 Å². The lowest BCUT2D eigenvalue weighted by Gasteiger charge is -2.36. The van der Waals surface area contributed by atoms with Gasteiger partial charge in [-0.1, -0.05) is 0 Å². The number of ether oxygens (including phenoxy) is 1. The van der Waals surface area contributed by atoms with E-state index >= 15 is 0 Å². The third-order valence-corrected chi connectivity index (χ3v) is 6.99. The molecule has 1 aliphatic rings. The Bertz CT molecular complexity index is 1150. The lowest BCUT2D eigenvalue weighted by Crippen LogP contribution is -2.52. The monoisotopic (exact) mass is 433 g/mol. The van der Waals surface area contributed by atoms with E-state index in [1.165, 1.54) is 6.92 Å². The molecule has 0 fully saturated rings. The molecule has 1 unspecified atom stereocenters. The predicted octanol–water partition coefficient (Wildman–Crippen LogP) is 2.60. The van der Waals surface area contributed by atoms with Crippen LogP contribution in [0, 0.1) is 20.8 Å². The standard InChI is InChI=1S/C21H23NO7S/c1-11-12(2)18-16(13(3)17(11)23)9-10-21(4,29-18)20(26)22-30(27,28)15-7-5-14(6-8-15)19(24)25/h5-8,23H,9-10H2,1-4H3,(H,22,26)(H,24,25). The molecule has 2 aromatic rings. The van der Waals surface area contributed by atoms with E-state index in [4.69, 9.17) is 9.84 Å². The number of aromatic carboxylic acids is 1. The van der Waals surface area contributed by atoms with Crippen molar-refractivity contribution in [1.29, 1.82) is 0 Å². The number of fused-ring (bicyclic) bond motifs is 1. The van der Waals surface area contributed by atoms with Crippen molar-refractivity contribution in [3.05, 3.63) is 52.1 Å². The van der Waals surface area contributed by atoms with E-state index in [0.717, 1.165) is 29.8 Å². The number of aromatic hydroxyl groups is 1. The average Bonchev–Trinajstić information content (AvgIpc) is 2.70. The zero-order valence-electron chi connectivity index (χ0n) is 17.1. The number of nitrogens with one attached hydrogen (secondary N) is 1. The van der Waals surface area contributed by atoms with Crippen molar-refractivity contribution in [3.63, 3.8) is 0 Å². The van der Waals surface area contributed by atoms with E-state index in [9.17, 15) is 23.1 Å². The number of carbonyl (C=O) groups is 2. The smallest absolute Gasteiger partial charge is 0.335 e. The summed E-state index contributed by atoms with van der Waals surface area (Å²) < 4.78 is 33.2. The van der Waals surface area contributed by atoms with Crippen LogP contribution in [0.1, 0.15) is 46.0 Å². The Morgan fingerprint density at radius 3 is 2.23 bits per heavy atom. The van der Waals surface area contributed by atoms with E-state index in [1.54, 1.807) is 20.8 Å². The summed E-state index contributed by atoms with van der Waals surface area (Å²) in [4.78, 5) is 23.6. The zero-order chi connectivity index (χ0) is 22.4. The minimum atomic E-state index is -4.21. The molecule has 3 N–H and O–H groups in total. The van der Waals surface area contributed by atoms with Gasteiger partial charge in [-0.15, -0.1) is 0 Å². The van der Waals surface area contributed by atoms with Gasteiger partial charge >= 0.3 is 5.97 Å². The molecule has 0 aliphatic carbocycles. The van der Waals surface area contributed by atoms with Gasteiger partial charge in [0.25, 0.3) is 15.9 Å². The van der Waals surface area contributed by atoms with Gasteiger partial charge in [0, 0.05) is 12.0 Å². The molecule has 1 heterocycles. The highest BCUT2D eigenvalue weighted by molar-refractivity contribution is 7.90. The van der Waals surface area contributed by atoms with Crippen LogP contribution in [0.2, 0.25) is 0 Å². The lowest BCUT2D eigenvalue weighted by molar-refractivity contribution is -0.134. The van der Waals surface area contributed by atoms with Crippen LogP contribution in [-0.4, -0.2) is 36.1 Å². The lowest BCUT2D eigenvalue weighted by atomic mass is 9.87. The second-order valence-corrected chi connectivity index (χ2v) is 9.31. The molecule has 160 valence electrons. The van der Waals surface area contributed by atoms with Crippen molar-refractivity contribution in [2.75, 3.05) is 0 Å². The second-order valence-electron chi connectivity index (χ2n) is 7.63. The quantitative estimate of drug-likeness (QED) is 0.676. The highest BCUT2D eigenvalue weighted by Gasteiger charge is 2.42. The fraction of sp³-hybridized carbons (Fsp3) is 0.333. The number of carboxylic acid groups (broad SMARTS) is 1. The van der Waals surface area contributed by atoms with Gasteiger partial charge in [0.15, 0.2) is 5.60 Å². The molecule has 1 atom stereocenters. The Hall–Kier alpha value is -3.07. The maximum atomic E-state index is 12.9. The van der Waals surface area contributed by atoms with Gasteiger partial charge in [-0.3, -0.25) is 4.79 Å². The molecule has 1 amide bonds. The molecular weight excluding hydrogens is 410 g/mol. The number of sulfonamides is 1. The number of phenolic OH excluding ortho intramolecular Hbond substituents is 1. The molecule has 30 heavy (non-hydrogen) atoms. The number of rotatable bonds is 4. The molecule has 0 bridgehead atoms. The summed E-state index contributed by atoms with van der Waals surface area (Å²) in [5.41, 5.74) is 1.32. The van der Waals surface area contributed by atoms with Crippen molar-refractivity contribution in [2.24, 2.45) is 0 Å². The summed E-state index contributed by atoms with van der Waals surface area (Å²) in [5.74, 6) is -1.33. The number of phenols is 1. The van der Waals surface area contributed by atoms with Crippen LogP contribution in [0.3, 0.4) is 0 Å². The van der Waals surface area contributed by atoms with Crippen LogP contribution in [0.4, 0.5) is 0 Å². The molecule has 2 aromatic carbocycles. The Kier molecular flexibility index (Phi) is 5.28. The Balaban J connectivity index is 1.88. The van der Waals surface area contributed by atoms with Gasteiger partial charge in [0.1, 0.15) is 11.5 Å². The van der Waals surface area contributed by atoms with Crippen LogP contribution >= 0.6 is 0 Å². The highest BCUT2D eigenvalue weighted by Crippen LogP contribution is 2.43. The molecule has 9 heteroatoms. The molecule has 0 saturated carbocycles. The Morgan fingerprint density at radius 2 is 1.67 bits per heavy atom. The summed E-state index contributed by atoms with van der Waals surface area (Å²) in [5, 5.41) is 19.2. The van der Waals surface area contributed by atoms with Crippen molar-refractivity contribution >= 4 is 21.9 Å². The first-order chi connectivity index (χ1) is 13.9. The van der Waals surface area contributed by atoms with E-state index in [0.29, 0.717) is 28.9 Å². The summed E-state index contributed by atoms with van der Waals surface area (Å²) >= 11 is 0. The minimum absolute atomic E-state index is 0.0658. The number of hydrogen-bond acceptors (Lipinski definition) is 6. The summed E-state index contributed by atoms with van der Waals surface area (Å²) in [6.07, 6.45) is 0.662. The van der Waals surface area contributed by atoms with Crippen molar-refractivity contribution < 1.29 is 33.0 Å². The highest BCUT2D eigenvalue weighted by atomic mass is 32.2. The number of hydrogen-bond donors (Lipinski definition) is 3. The van der Waals surface area contributed by atoms with Gasteiger partial charge in [0.05, 0.1) is 10.5 Å². The SMILES string of the molecule is Cc1c(C)c2c(c(C)c1O)CCC(C)(C(=O)NS(=O)(=O)c1ccc(C(=O)O)cc1)O2. The van der Waals surface area contributed by atoms with Crippen LogP contribution < -0.4 is 9.46 Å². The second kappa shape index (κ2) is 7.32. The molecule has 8 nitrogen and oxygen atoms in total. The fourth-order valence-corrected chi connectivity index (χ4v) is 4.55. The van der Waals surface area contributed by atoms with E-state index in [1.807, 2.05) is 4.72 Å². The molecule has 1 aliphatic heterocycles. The van der Waals surface area contributed by atoms with Crippen molar-refractivity contribution in [3.8, 4) is 11.5 Å².